The molecule has 0 aromatic heterocycles. The summed E-state index contributed by atoms with van der Waals surface area (Å²) in [7, 11) is 2.16. The number of rotatable bonds is 3. The van der Waals surface area contributed by atoms with Gasteiger partial charge in [-0.2, -0.15) is 0 Å². The highest BCUT2D eigenvalue weighted by Crippen LogP contribution is 2.29. The Morgan fingerprint density at radius 1 is 1.53 bits per heavy atom. The van der Waals surface area contributed by atoms with Crippen LogP contribution in [0.2, 0.25) is 0 Å². The van der Waals surface area contributed by atoms with Gasteiger partial charge in [0.25, 0.3) is 0 Å². The van der Waals surface area contributed by atoms with Crippen LogP contribution in [0.3, 0.4) is 0 Å². The summed E-state index contributed by atoms with van der Waals surface area (Å²) in [4.78, 5) is 14.3. The van der Waals surface area contributed by atoms with E-state index in [0.29, 0.717) is 0 Å². The highest BCUT2D eigenvalue weighted by Gasteiger charge is 2.30. The molecule has 0 saturated carbocycles. The highest BCUT2D eigenvalue weighted by molar-refractivity contribution is 7.99. The predicted molar refractivity (Wildman–Crippen MR) is 72.1 cm³/mol. The van der Waals surface area contributed by atoms with Crippen LogP contribution in [0.5, 0.6) is 0 Å². The molecule has 5 heteroatoms. The molecule has 0 aliphatic carbocycles. The lowest BCUT2D eigenvalue weighted by Gasteiger charge is -2.38. The molecule has 0 aromatic carbocycles. The summed E-state index contributed by atoms with van der Waals surface area (Å²) in [5.41, 5.74) is 0.286. The van der Waals surface area contributed by atoms with Crippen molar-refractivity contribution in [2.45, 2.75) is 25.8 Å². The summed E-state index contributed by atoms with van der Waals surface area (Å²) in [6.45, 7) is 5.40. The largest absolute Gasteiger partial charge is 0.354 e. The zero-order chi connectivity index (χ0) is 12.3. The number of carbonyl (C=O) groups is 1. The SMILES string of the molecule is CN1CCC(C)(CNC(=O)C2CSCN2)CC1. The number of amides is 1. The molecule has 17 heavy (non-hydrogen) atoms. The molecule has 2 N–H and O–H groups in total. The van der Waals surface area contributed by atoms with Gasteiger partial charge in [-0.3, -0.25) is 10.1 Å². The third-order valence-electron chi connectivity index (χ3n) is 3.92. The fourth-order valence-electron chi connectivity index (χ4n) is 2.32. The van der Waals surface area contributed by atoms with Crippen LogP contribution in [0.4, 0.5) is 0 Å². The molecule has 1 unspecified atom stereocenters. The normalized spacial score (nSPS) is 29.2. The lowest BCUT2D eigenvalue weighted by Crippen LogP contribution is -2.48. The van der Waals surface area contributed by atoms with Gasteiger partial charge in [0, 0.05) is 18.2 Å². The number of likely N-dealkylation sites (tertiary alicyclic amines) is 1. The van der Waals surface area contributed by atoms with Crippen molar-refractivity contribution in [2.24, 2.45) is 5.41 Å². The average molecular weight is 257 g/mol. The van der Waals surface area contributed by atoms with Gasteiger partial charge < -0.3 is 10.2 Å². The van der Waals surface area contributed by atoms with Crippen molar-refractivity contribution in [3.63, 3.8) is 0 Å². The third-order valence-corrected chi connectivity index (χ3v) is 4.86. The number of hydrogen-bond donors (Lipinski definition) is 2. The summed E-state index contributed by atoms with van der Waals surface area (Å²) in [5, 5.41) is 6.32. The van der Waals surface area contributed by atoms with E-state index in [0.717, 1.165) is 31.3 Å². The molecule has 0 aromatic rings. The Balaban J connectivity index is 1.75. The maximum Gasteiger partial charge on any atom is 0.238 e. The number of hydrogen-bond acceptors (Lipinski definition) is 4. The van der Waals surface area contributed by atoms with Gasteiger partial charge in [0.1, 0.15) is 0 Å². The summed E-state index contributed by atoms with van der Waals surface area (Å²) < 4.78 is 0. The molecule has 2 rings (SSSR count). The van der Waals surface area contributed by atoms with E-state index >= 15 is 0 Å². The standard InChI is InChI=1S/C12H23N3OS/c1-12(3-5-15(2)6-4-12)8-13-11(16)10-7-17-9-14-10/h10,14H,3-9H2,1-2H3,(H,13,16). The topological polar surface area (TPSA) is 44.4 Å². The van der Waals surface area contributed by atoms with Crippen LogP contribution in [0, 0.1) is 5.41 Å². The van der Waals surface area contributed by atoms with E-state index in [1.165, 1.54) is 12.8 Å². The molecule has 2 fully saturated rings. The first kappa shape index (κ1) is 13.2. The smallest absolute Gasteiger partial charge is 0.238 e. The van der Waals surface area contributed by atoms with Gasteiger partial charge in [0.2, 0.25) is 5.91 Å². The minimum absolute atomic E-state index is 0.0230. The molecule has 1 amide bonds. The van der Waals surface area contributed by atoms with E-state index in [9.17, 15) is 4.79 Å². The molecule has 98 valence electrons. The summed E-state index contributed by atoms with van der Waals surface area (Å²) in [5.74, 6) is 1.99. The van der Waals surface area contributed by atoms with E-state index < -0.39 is 0 Å². The average Bonchev–Trinajstić information content (AvgIpc) is 2.84. The van der Waals surface area contributed by atoms with Crippen molar-refractivity contribution in [2.75, 3.05) is 38.3 Å². The number of nitrogens with zero attached hydrogens (tertiary/aromatic N) is 1. The van der Waals surface area contributed by atoms with Crippen LogP contribution in [0.1, 0.15) is 19.8 Å². The summed E-state index contributed by atoms with van der Waals surface area (Å²) >= 11 is 1.79. The van der Waals surface area contributed by atoms with E-state index in [4.69, 9.17) is 0 Å². The fourth-order valence-corrected chi connectivity index (χ4v) is 3.26. The van der Waals surface area contributed by atoms with Crippen molar-refractivity contribution >= 4 is 17.7 Å². The van der Waals surface area contributed by atoms with E-state index in [-0.39, 0.29) is 17.4 Å². The summed E-state index contributed by atoms with van der Waals surface area (Å²) in [6.07, 6.45) is 2.35. The lowest BCUT2D eigenvalue weighted by atomic mass is 9.80. The van der Waals surface area contributed by atoms with Crippen LogP contribution >= 0.6 is 11.8 Å². The number of piperidine rings is 1. The van der Waals surface area contributed by atoms with Gasteiger partial charge in [0.05, 0.1) is 6.04 Å². The molecule has 2 heterocycles. The maximum atomic E-state index is 11.9. The Morgan fingerprint density at radius 3 is 2.82 bits per heavy atom. The van der Waals surface area contributed by atoms with Crippen LogP contribution < -0.4 is 10.6 Å². The second-order valence-corrected chi connectivity index (χ2v) is 6.63. The van der Waals surface area contributed by atoms with Crippen molar-refractivity contribution in [1.82, 2.24) is 15.5 Å². The number of carbonyl (C=O) groups excluding carboxylic acids is 1. The lowest BCUT2D eigenvalue weighted by molar-refractivity contribution is -0.123. The van der Waals surface area contributed by atoms with Crippen molar-refractivity contribution < 1.29 is 4.79 Å². The minimum atomic E-state index is 0.0230. The third kappa shape index (κ3) is 3.60. The first-order chi connectivity index (χ1) is 8.09. The molecular weight excluding hydrogens is 234 g/mol. The van der Waals surface area contributed by atoms with Crippen molar-refractivity contribution in [1.29, 1.82) is 0 Å². The second-order valence-electron chi connectivity index (χ2n) is 5.60. The quantitative estimate of drug-likeness (QED) is 0.773. The Morgan fingerprint density at radius 2 is 2.24 bits per heavy atom. The molecule has 2 aliphatic heterocycles. The second kappa shape index (κ2) is 5.59. The van der Waals surface area contributed by atoms with Crippen LogP contribution in [0.15, 0.2) is 0 Å². The Labute approximate surface area is 108 Å². The maximum absolute atomic E-state index is 11.9. The van der Waals surface area contributed by atoms with E-state index in [2.05, 4.69) is 29.5 Å². The van der Waals surface area contributed by atoms with Crippen LogP contribution in [-0.4, -0.2) is 55.2 Å². The highest BCUT2D eigenvalue weighted by atomic mass is 32.2. The minimum Gasteiger partial charge on any atom is -0.354 e. The first-order valence-electron chi connectivity index (χ1n) is 6.36. The van der Waals surface area contributed by atoms with Gasteiger partial charge in [-0.25, -0.2) is 0 Å². The Hall–Kier alpha value is -0.260. The monoisotopic (exact) mass is 257 g/mol. The van der Waals surface area contributed by atoms with Gasteiger partial charge in [-0.1, -0.05) is 6.92 Å². The summed E-state index contributed by atoms with van der Waals surface area (Å²) in [6, 6.07) is 0.0230. The van der Waals surface area contributed by atoms with Crippen LogP contribution in [0.25, 0.3) is 0 Å². The fraction of sp³-hybridized carbons (Fsp3) is 0.917. The molecule has 0 radical (unpaired) electrons. The van der Waals surface area contributed by atoms with Crippen molar-refractivity contribution in [3.05, 3.63) is 0 Å². The predicted octanol–water partition coefficient (Wildman–Crippen LogP) is 0.497. The van der Waals surface area contributed by atoms with Crippen molar-refractivity contribution in [3.8, 4) is 0 Å². The molecule has 0 spiro atoms. The molecule has 1 atom stereocenters. The molecule has 0 bridgehead atoms. The molecule has 2 saturated heterocycles. The Bertz CT molecular complexity index is 271. The molecular formula is C12H23N3OS. The van der Waals surface area contributed by atoms with Gasteiger partial charge in [-0.05, 0) is 38.4 Å². The zero-order valence-corrected chi connectivity index (χ0v) is 11.6. The van der Waals surface area contributed by atoms with Gasteiger partial charge in [0.15, 0.2) is 0 Å². The first-order valence-corrected chi connectivity index (χ1v) is 7.52. The Kier molecular flexibility index (Phi) is 4.33. The molecule has 2 aliphatic rings. The number of nitrogens with one attached hydrogen (secondary N) is 2. The molecule has 4 nitrogen and oxygen atoms in total. The van der Waals surface area contributed by atoms with E-state index in [1.807, 2.05) is 0 Å². The number of thioether (sulfide) groups is 1. The van der Waals surface area contributed by atoms with Crippen LogP contribution in [-0.2, 0) is 4.79 Å². The van der Waals surface area contributed by atoms with Gasteiger partial charge in [-0.15, -0.1) is 11.8 Å². The van der Waals surface area contributed by atoms with Gasteiger partial charge >= 0.3 is 0 Å². The zero-order valence-electron chi connectivity index (χ0n) is 10.8. The van der Waals surface area contributed by atoms with E-state index in [1.54, 1.807) is 11.8 Å².